The summed E-state index contributed by atoms with van der Waals surface area (Å²) < 4.78 is 6.33. The second-order valence-electron chi connectivity index (χ2n) is 7.72. The summed E-state index contributed by atoms with van der Waals surface area (Å²) in [4.78, 5) is 25.1. The summed E-state index contributed by atoms with van der Waals surface area (Å²) in [5.74, 6) is -1.18. The number of phenolic OH excluding ortho intramolecular Hbond substituents is 2. The van der Waals surface area contributed by atoms with E-state index in [9.17, 15) is 24.9 Å². The Morgan fingerprint density at radius 2 is 1.79 bits per heavy atom. The lowest BCUT2D eigenvalue weighted by molar-refractivity contribution is -0.141. The average Bonchev–Trinajstić information content (AvgIpc) is 2.63. The van der Waals surface area contributed by atoms with E-state index in [1.54, 1.807) is 17.6 Å². The van der Waals surface area contributed by atoms with Crippen LogP contribution in [0.25, 0.3) is 0 Å². The predicted molar refractivity (Wildman–Crippen MR) is 109 cm³/mol. The van der Waals surface area contributed by atoms with E-state index in [1.165, 1.54) is 25.3 Å². The number of aromatic nitrogens is 1. The fourth-order valence-corrected chi connectivity index (χ4v) is 3.55. The van der Waals surface area contributed by atoms with E-state index in [4.69, 9.17) is 4.74 Å². The number of nitrogens with zero attached hydrogens (tertiary/aromatic N) is 1. The van der Waals surface area contributed by atoms with Crippen molar-refractivity contribution in [3.63, 3.8) is 0 Å². The van der Waals surface area contributed by atoms with Crippen LogP contribution in [0, 0.1) is 12.8 Å². The lowest BCUT2D eigenvalue weighted by atomic mass is 9.87. The molecule has 158 valence electrons. The SMILES string of the molecule is COC(=O)CC(CC(C)C)c1c(O)cc(C)n(CCc2ccc(O)c(O)c2)c1=O. The summed E-state index contributed by atoms with van der Waals surface area (Å²) in [5, 5.41) is 29.6. The van der Waals surface area contributed by atoms with Gasteiger partial charge in [-0.1, -0.05) is 19.9 Å². The Hall–Kier alpha value is -2.96. The fourth-order valence-electron chi connectivity index (χ4n) is 3.55. The van der Waals surface area contributed by atoms with Gasteiger partial charge in [0.15, 0.2) is 11.5 Å². The largest absolute Gasteiger partial charge is 0.507 e. The van der Waals surface area contributed by atoms with Crippen molar-refractivity contribution in [3.05, 3.63) is 51.4 Å². The van der Waals surface area contributed by atoms with E-state index in [0.29, 0.717) is 25.1 Å². The van der Waals surface area contributed by atoms with Crippen LogP contribution in [0.3, 0.4) is 0 Å². The number of methoxy groups -OCH3 is 1. The Morgan fingerprint density at radius 3 is 2.38 bits per heavy atom. The quantitative estimate of drug-likeness (QED) is 0.461. The maximum absolute atomic E-state index is 13.2. The zero-order valence-corrected chi connectivity index (χ0v) is 17.3. The topological polar surface area (TPSA) is 109 Å². The summed E-state index contributed by atoms with van der Waals surface area (Å²) in [7, 11) is 1.30. The van der Waals surface area contributed by atoms with Crippen molar-refractivity contribution in [3.8, 4) is 17.2 Å². The zero-order valence-electron chi connectivity index (χ0n) is 17.3. The molecule has 0 saturated carbocycles. The molecular formula is C22H29NO6. The second-order valence-corrected chi connectivity index (χ2v) is 7.72. The molecular weight excluding hydrogens is 374 g/mol. The summed E-state index contributed by atoms with van der Waals surface area (Å²) >= 11 is 0. The standard InChI is InChI=1S/C22H29NO6/c1-13(2)9-16(12-20(27)29-4)21-19(26)10-14(3)23(22(21)28)8-7-15-5-6-17(24)18(25)11-15/h5-6,10-11,13,16,24-26H,7-9,12H2,1-4H3. The number of hydrogen-bond donors (Lipinski definition) is 3. The summed E-state index contributed by atoms with van der Waals surface area (Å²) in [6.45, 7) is 6.04. The van der Waals surface area contributed by atoms with Gasteiger partial charge >= 0.3 is 5.97 Å². The number of pyridine rings is 1. The normalized spacial score (nSPS) is 12.2. The van der Waals surface area contributed by atoms with Gasteiger partial charge in [0.1, 0.15) is 5.75 Å². The molecule has 1 aromatic heterocycles. The van der Waals surface area contributed by atoms with Crippen molar-refractivity contribution in [2.24, 2.45) is 5.92 Å². The summed E-state index contributed by atoms with van der Waals surface area (Å²) in [6, 6.07) is 6.07. The van der Waals surface area contributed by atoms with E-state index < -0.39 is 11.9 Å². The summed E-state index contributed by atoms with van der Waals surface area (Å²) in [5.41, 5.74) is 1.25. The minimum atomic E-state index is -0.445. The van der Waals surface area contributed by atoms with Gasteiger partial charge in [-0.2, -0.15) is 0 Å². The van der Waals surface area contributed by atoms with E-state index in [0.717, 1.165) is 5.56 Å². The Kier molecular flexibility index (Phi) is 7.31. The number of carbonyl (C=O) groups excluding carboxylic acids is 1. The highest BCUT2D eigenvalue weighted by atomic mass is 16.5. The highest BCUT2D eigenvalue weighted by Gasteiger charge is 2.25. The Labute approximate surface area is 170 Å². The minimum Gasteiger partial charge on any atom is -0.507 e. The van der Waals surface area contributed by atoms with Crippen LogP contribution in [-0.2, 0) is 22.5 Å². The van der Waals surface area contributed by atoms with Crippen LogP contribution in [0.1, 0.15) is 49.4 Å². The van der Waals surface area contributed by atoms with Crippen molar-refractivity contribution >= 4 is 5.97 Å². The van der Waals surface area contributed by atoms with Crippen LogP contribution in [0.15, 0.2) is 29.1 Å². The number of carbonyl (C=O) groups is 1. The first-order chi connectivity index (χ1) is 13.6. The van der Waals surface area contributed by atoms with Gasteiger partial charge in [0.25, 0.3) is 5.56 Å². The maximum Gasteiger partial charge on any atom is 0.306 e. The van der Waals surface area contributed by atoms with Crippen molar-refractivity contribution in [1.82, 2.24) is 4.57 Å². The van der Waals surface area contributed by atoms with Gasteiger partial charge in [-0.15, -0.1) is 0 Å². The number of rotatable bonds is 8. The van der Waals surface area contributed by atoms with E-state index in [1.807, 2.05) is 13.8 Å². The van der Waals surface area contributed by atoms with Crippen molar-refractivity contribution in [1.29, 1.82) is 0 Å². The molecule has 0 bridgehead atoms. The molecule has 0 saturated heterocycles. The summed E-state index contributed by atoms with van der Waals surface area (Å²) in [6.07, 6.45) is 1.03. The Morgan fingerprint density at radius 1 is 1.10 bits per heavy atom. The molecule has 0 aliphatic rings. The lowest BCUT2D eigenvalue weighted by Gasteiger charge is -2.21. The van der Waals surface area contributed by atoms with E-state index in [2.05, 4.69) is 0 Å². The first-order valence-electron chi connectivity index (χ1n) is 9.65. The molecule has 7 nitrogen and oxygen atoms in total. The molecule has 0 aliphatic heterocycles. The monoisotopic (exact) mass is 403 g/mol. The number of benzene rings is 1. The molecule has 2 rings (SSSR count). The molecule has 1 heterocycles. The van der Waals surface area contributed by atoms with Gasteiger partial charge in [0.2, 0.25) is 0 Å². The van der Waals surface area contributed by atoms with E-state index in [-0.39, 0.29) is 40.7 Å². The molecule has 1 unspecified atom stereocenters. The maximum atomic E-state index is 13.2. The van der Waals surface area contributed by atoms with Gasteiger partial charge in [-0.05, 0) is 49.4 Å². The number of phenols is 2. The van der Waals surface area contributed by atoms with Crippen LogP contribution in [0.2, 0.25) is 0 Å². The van der Waals surface area contributed by atoms with Crippen molar-refractivity contribution in [2.75, 3.05) is 7.11 Å². The molecule has 0 aliphatic carbocycles. The van der Waals surface area contributed by atoms with Crippen LogP contribution in [0.4, 0.5) is 0 Å². The molecule has 0 radical (unpaired) electrons. The third kappa shape index (κ3) is 5.53. The number of aromatic hydroxyl groups is 3. The molecule has 3 N–H and O–H groups in total. The van der Waals surface area contributed by atoms with Gasteiger partial charge in [-0.3, -0.25) is 9.59 Å². The zero-order chi connectivity index (χ0) is 21.7. The molecule has 2 aromatic rings. The Balaban J connectivity index is 2.39. The van der Waals surface area contributed by atoms with Gasteiger partial charge in [0.05, 0.1) is 19.1 Å². The Bertz CT molecular complexity index is 932. The van der Waals surface area contributed by atoms with Crippen LogP contribution in [0.5, 0.6) is 17.2 Å². The van der Waals surface area contributed by atoms with Crippen LogP contribution in [-0.4, -0.2) is 33.0 Å². The molecule has 0 amide bonds. The second kappa shape index (κ2) is 9.49. The number of hydrogen-bond acceptors (Lipinski definition) is 6. The average molecular weight is 403 g/mol. The number of aryl methyl sites for hydroxylation is 2. The number of ether oxygens (including phenoxy) is 1. The molecule has 1 aromatic carbocycles. The number of esters is 1. The molecule has 0 spiro atoms. The molecule has 7 heteroatoms. The predicted octanol–water partition coefficient (Wildman–Crippen LogP) is 3.21. The molecule has 0 fully saturated rings. The van der Waals surface area contributed by atoms with Crippen molar-refractivity contribution in [2.45, 2.75) is 52.5 Å². The highest BCUT2D eigenvalue weighted by molar-refractivity contribution is 5.70. The van der Waals surface area contributed by atoms with Gasteiger partial charge in [-0.25, -0.2) is 0 Å². The van der Waals surface area contributed by atoms with E-state index >= 15 is 0 Å². The minimum absolute atomic E-state index is 0.0202. The first-order valence-corrected chi connectivity index (χ1v) is 9.65. The third-order valence-electron chi connectivity index (χ3n) is 4.99. The van der Waals surface area contributed by atoms with Crippen LogP contribution >= 0.6 is 0 Å². The van der Waals surface area contributed by atoms with Gasteiger partial charge < -0.3 is 24.6 Å². The van der Waals surface area contributed by atoms with Crippen LogP contribution < -0.4 is 5.56 Å². The molecule has 1 atom stereocenters. The van der Waals surface area contributed by atoms with Gasteiger partial charge in [0, 0.05) is 18.2 Å². The molecule has 29 heavy (non-hydrogen) atoms. The smallest absolute Gasteiger partial charge is 0.306 e. The first kappa shape index (κ1) is 22.3. The van der Waals surface area contributed by atoms with Crippen molar-refractivity contribution < 1.29 is 24.9 Å². The third-order valence-corrected chi connectivity index (χ3v) is 4.99. The highest BCUT2D eigenvalue weighted by Crippen LogP contribution is 2.32. The lowest BCUT2D eigenvalue weighted by Crippen LogP contribution is -2.29. The fraction of sp³-hybridized carbons (Fsp3) is 0.455.